The molecule has 0 atom stereocenters. The standard InChI is InChI=1S/C21H29N5.HI/c1-17-6-8-18(9-7-17)16-25(3)21(22-2)24-15-19-10-11-20(23-14-19)26-12-4-5-13-26;/h6-11,14H,4-5,12-13,15-16H2,1-3H3,(H,22,24);1H. The quantitative estimate of drug-likeness (QED) is 0.403. The van der Waals surface area contributed by atoms with Crippen molar-refractivity contribution in [1.82, 2.24) is 15.2 Å². The van der Waals surface area contributed by atoms with Gasteiger partial charge in [-0.25, -0.2) is 4.98 Å². The number of anilines is 1. The molecule has 2 heterocycles. The van der Waals surface area contributed by atoms with Crippen LogP contribution in [0.5, 0.6) is 0 Å². The largest absolute Gasteiger partial charge is 0.357 e. The molecule has 1 aliphatic heterocycles. The molecule has 1 fully saturated rings. The maximum absolute atomic E-state index is 4.62. The van der Waals surface area contributed by atoms with Gasteiger partial charge < -0.3 is 15.1 Å². The van der Waals surface area contributed by atoms with Crippen molar-refractivity contribution < 1.29 is 0 Å². The molecule has 0 bridgehead atoms. The Hall–Kier alpha value is -1.83. The summed E-state index contributed by atoms with van der Waals surface area (Å²) in [5.74, 6) is 1.97. The smallest absolute Gasteiger partial charge is 0.193 e. The fourth-order valence-electron chi connectivity index (χ4n) is 3.26. The first-order valence-corrected chi connectivity index (χ1v) is 9.33. The minimum Gasteiger partial charge on any atom is -0.357 e. The highest BCUT2D eigenvalue weighted by Crippen LogP contribution is 2.17. The molecule has 0 amide bonds. The normalized spacial score (nSPS) is 14.0. The van der Waals surface area contributed by atoms with Crippen molar-refractivity contribution >= 4 is 35.8 Å². The molecule has 0 radical (unpaired) electrons. The van der Waals surface area contributed by atoms with Crippen LogP contribution in [0.4, 0.5) is 5.82 Å². The summed E-state index contributed by atoms with van der Waals surface area (Å²) in [6.07, 6.45) is 4.51. The number of aryl methyl sites for hydroxylation is 1. The summed E-state index contributed by atoms with van der Waals surface area (Å²) in [7, 11) is 3.88. The van der Waals surface area contributed by atoms with E-state index in [1.54, 1.807) is 0 Å². The van der Waals surface area contributed by atoms with Crippen molar-refractivity contribution in [2.45, 2.75) is 32.9 Å². The monoisotopic (exact) mass is 479 g/mol. The second-order valence-corrected chi connectivity index (χ2v) is 6.96. The van der Waals surface area contributed by atoms with Gasteiger partial charge in [0.25, 0.3) is 0 Å². The lowest BCUT2D eigenvalue weighted by atomic mass is 10.1. The highest BCUT2D eigenvalue weighted by atomic mass is 127. The Labute approximate surface area is 179 Å². The minimum atomic E-state index is 0. The highest BCUT2D eigenvalue weighted by Gasteiger charge is 2.13. The number of halogens is 1. The molecule has 0 unspecified atom stereocenters. The zero-order valence-corrected chi connectivity index (χ0v) is 18.8. The molecule has 6 heteroatoms. The Morgan fingerprint density at radius 3 is 2.37 bits per heavy atom. The lowest BCUT2D eigenvalue weighted by Crippen LogP contribution is -2.38. The summed E-state index contributed by atoms with van der Waals surface area (Å²) in [4.78, 5) is 13.5. The molecule has 1 N–H and O–H groups in total. The number of benzene rings is 1. The topological polar surface area (TPSA) is 43.8 Å². The van der Waals surface area contributed by atoms with Crippen molar-refractivity contribution in [2.24, 2.45) is 4.99 Å². The Kier molecular flexibility index (Phi) is 8.34. The molecule has 1 aromatic heterocycles. The Bertz CT molecular complexity index is 721. The van der Waals surface area contributed by atoms with E-state index in [-0.39, 0.29) is 24.0 Å². The summed E-state index contributed by atoms with van der Waals surface area (Å²) in [6, 6.07) is 12.9. The van der Waals surface area contributed by atoms with Gasteiger partial charge >= 0.3 is 0 Å². The molecule has 1 aromatic carbocycles. The van der Waals surface area contributed by atoms with Gasteiger partial charge in [0.05, 0.1) is 0 Å². The van der Waals surface area contributed by atoms with Crippen LogP contribution in [0.15, 0.2) is 47.6 Å². The van der Waals surface area contributed by atoms with Crippen molar-refractivity contribution in [3.05, 3.63) is 59.3 Å². The van der Waals surface area contributed by atoms with Gasteiger partial charge in [-0.05, 0) is 37.0 Å². The lowest BCUT2D eigenvalue weighted by Gasteiger charge is -2.22. The number of hydrogen-bond donors (Lipinski definition) is 1. The summed E-state index contributed by atoms with van der Waals surface area (Å²) in [5.41, 5.74) is 3.72. The number of rotatable bonds is 5. The third-order valence-corrected chi connectivity index (χ3v) is 4.80. The second kappa shape index (κ2) is 10.5. The van der Waals surface area contributed by atoms with E-state index in [9.17, 15) is 0 Å². The summed E-state index contributed by atoms with van der Waals surface area (Å²) < 4.78 is 0. The number of guanidine groups is 1. The van der Waals surface area contributed by atoms with Crippen LogP contribution in [0.1, 0.15) is 29.5 Å². The van der Waals surface area contributed by atoms with E-state index in [0.717, 1.165) is 43.5 Å². The van der Waals surface area contributed by atoms with Crippen LogP contribution in [-0.2, 0) is 13.1 Å². The number of nitrogens with one attached hydrogen (secondary N) is 1. The average Bonchev–Trinajstić information content (AvgIpc) is 3.19. The zero-order valence-electron chi connectivity index (χ0n) is 16.5. The van der Waals surface area contributed by atoms with Crippen LogP contribution in [0, 0.1) is 6.92 Å². The van der Waals surface area contributed by atoms with Gasteiger partial charge in [0.1, 0.15) is 5.82 Å². The molecule has 146 valence electrons. The number of hydrogen-bond acceptors (Lipinski definition) is 3. The van der Waals surface area contributed by atoms with Crippen molar-refractivity contribution in [2.75, 3.05) is 32.1 Å². The maximum Gasteiger partial charge on any atom is 0.193 e. The van der Waals surface area contributed by atoms with Gasteiger partial charge in [0.15, 0.2) is 5.96 Å². The SMILES string of the molecule is CN=C(NCc1ccc(N2CCCC2)nc1)N(C)Cc1ccc(C)cc1.I. The first-order valence-electron chi connectivity index (χ1n) is 9.33. The Balaban J connectivity index is 0.00000261. The maximum atomic E-state index is 4.62. The average molecular weight is 479 g/mol. The first kappa shape index (κ1) is 21.5. The fraction of sp³-hybridized carbons (Fsp3) is 0.429. The van der Waals surface area contributed by atoms with Gasteiger partial charge in [-0.1, -0.05) is 35.9 Å². The third kappa shape index (κ3) is 6.09. The van der Waals surface area contributed by atoms with E-state index in [2.05, 4.69) is 75.5 Å². The Morgan fingerprint density at radius 2 is 1.78 bits per heavy atom. The fourth-order valence-corrected chi connectivity index (χ4v) is 3.26. The third-order valence-electron chi connectivity index (χ3n) is 4.80. The number of nitrogens with zero attached hydrogens (tertiary/aromatic N) is 4. The summed E-state index contributed by atoms with van der Waals surface area (Å²) in [6.45, 7) is 5.91. The molecular weight excluding hydrogens is 449 g/mol. The van der Waals surface area contributed by atoms with Crippen LogP contribution < -0.4 is 10.2 Å². The molecule has 0 spiro atoms. The van der Waals surface area contributed by atoms with Crippen molar-refractivity contribution in [3.63, 3.8) is 0 Å². The first-order chi connectivity index (χ1) is 12.7. The molecule has 1 saturated heterocycles. The molecule has 1 aliphatic rings. The molecule has 5 nitrogen and oxygen atoms in total. The van der Waals surface area contributed by atoms with E-state index in [1.807, 2.05) is 13.2 Å². The van der Waals surface area contributed by atoms with Crippen molar-refractivity contribution in [1.29, 1.82) is 0 Å². The summed E-state index contributed by atoms with van der Waals surface area (Å²) in [5, 5.41) is 3.43. The van der Waals surface area contributed by atoms with Crippen LogP contribution in [0.2, 0.25) is 0 Å². The van der Waals surface area contributed by atoms with E-state index >= 15 is 0 Å². The van der Waals surface area contributed by atoms with E-state index in [4.69, 9.17) is 0 Å². The molecule has 2 aromatic rings. The van der Waals surface area contributed by atoms with Crippen LogP contribution in [-0.4, -0.2) is 43.0 Å². The lowest BCUT2D eigenvalue weighted by molar-refractivity contribution is 0.476. The van der Waals surface area contributed by atoms with Crippen LogP contribution in [0.3, 0.4) is 0 Å². The summed E-state index contributed by atoms with van der Waals surface area (Å²) >= 11 is 0. The van der Waals surface area contributed by atoms with Gasteiger partial charge in [-0.3, -0.25) is 4.99 Å². The second-order valence-electron chi connectivity index (χ2n) is 6.96. The molecule has 0 aliphatic carbocycles. The molecule has 0 saturated carbocycles. The predicted molar refractivity (Wildman–Crippen MR) is 124 cm³/mol. The van der Waals surface area contributed by atoms with Crippen LogP contribution in [0.25, 0.3) is 0 Å². The number of aliphatic imine (C=N–C) groups is 1. The van der Waals surface area contributed by atoms with Crippen molar-refractivity contribution in [3.8, 4) is 0 Å². The van der Waals surface area contributed by atoms with Crippen LogP contribution >= 0.6 is 24.0 Å². The van der Waals surface area contributed by atoms with E-state index in [1.165, 1.54) is 24.0 Å². The highest BCUT2D eigenvalue weighted by molar-refractivity contribution is 14.0. The number of pyridine rings is 1. The predicted octanol–water partition coefficient (Wildman–Crippen LogP) is 3.82. The number of aromatic nitrogens is 1. The van der Waals surface area contributed by atoms with Gasteiger partial charge in [0, 0.05) is 46.5 Å². The van der Waals surface area contributed by atoms with Gasteiger partial charge in [-0.2, -0.15) is 0 Å². The van der Waals surface area contributed by atoms with Gasteiger partial charge in [0.2, 0.25) is 0 Å². The molecule has 27 heavy (non-hydrogen) atoms. The minimum absolute atomic E-state index is 0. The van der Waals surface area contributed by atoms with Gasteiger partial charge in [-0.15, -0.1) is 24.0 Å². The zero-order chi connectivity index (χ0) is 18.4. The molecule has 3 rings (SSSR count). The Morgan fingerprint density at radius 1 is 1.11 bits per heavy atom. The molecular formula is C21H30IN5. The van der Waals surface area contributed by atoms with E-state index < -0.39 is 0 Å². The van der Waals surface area contributed by atoms with E-state index in [0.29, 0.717) is 0 Å².